The number of ether oxygens (including phenoxy) is 1. The van der Waals surface area contributed by atoms with Crippen molar-refractivity contribution in [2.75, 3.05) is 11.9 Å². The van der Waals surface area contributed by atoms with E-state index in [1.807, 2.05) is 6.92 Å². The molecule has 1 N–H and O–H groups in total. The number of rotatable bonds is 3. The summed E-state index contributed by atoms with van der Waals surface area (Å²) in [4.78, 5) is 8.83. The van der Waals surface area contributed by atoms with E-state index in [-0.39, 0.29) is 5.60 Å². The molecule has 0 aromatic carbocycles. The predicted molar refractivity (Wildman–Crippen MR) is 85.0 cm³/mol. The third kappa shape index (κ3) is 3.16. The van der Waals surface area contributed by atoms with Gasteiger partial charge in [-0.2, -0.15) is 0 Å². The van der Waals surface area contributed by atoms with Gasteiger partial charge in [-0.15, -0.1) is 0 Å². The fourth-order valence-corrected chi connectivity index (χ4v) is 4.05. The van der Waals surface area contributed by atoms with Crippen LogP contribution in [0.3, 0.4) is 0 Å². The van der Waals surface area contributed by atoms with Gasteiger partial charge in [0.2, 0.25) is 0 Å². The fourth-order valence-electron chi connectivity index (χ4n) is 3.71. The maximum atomic E-state index is 6.26. The first-order chi connectivity index (χ1) is 10.1. The zero-order chi connectivity index (χ0) is 14.9. The minimum atomic E-state index is 0.119. The molecule has 0 amide bonds. The predicted octanol–water partition coefficient (Wildman–Crippen LogP) is 3.90. The highest BCUT2D eigenvalue weighted by atomic mass is 35.5. The molecule has 1 unspecified atom stereocenters. The van der Waals surface area contributed by atoms with Crippen molar-refractivity contribution < 1.29 is 4.74 Å². The van der Waals surface area contributed by atoms with Crippen LogP contribution in [-0.4, -0.2) is 28.2 Å². The van der Waals surface area contributed by atoms with Crippen LogP contribution in [0.5, 0.6) is 0 Å². The van der Waals surface area contributed by atoms with Gasteiger partial charge in [0.05, 0.1) is 5.60 Å². The Morgan fingerprint density at radius 2 is 2.10 bits per heavy atom. The van der Waals surface area contributed by atoms with Crippen molar-refractivity contribution in [3.8, 4) is 0 Å². The molecule has 1 aliphatic heterocycles. The van der Waals surface area contributed by atoms with Gasteiger partial charge in [0, 0.05) is 18.2 Å². The molecule has 3 rings (SSSR count). The van der Waals surface area contributed by atoms with E-state index in [4.69, 9.17) is 16.3 Å². The Balaban J connectivity index is 1.77. The van der Waals surface area contributed by atoms with Crippen molar-refractivity contribution in [2.45, 2.75) is 70.4 Å². The average Bonchev–Trinajstić information content (AvgIpc) is 2.86. The Kier molecular flexibility index (Phi) is 4.36. The Morgan fingerprint density at radius 1 is 1.33 bits per heavy atom. The van der Waals surface area contributed by atoms with Gasteiger partial charge in [-0.3, -0.25) is 0 Å². The number of hydrogen-bond donors (Lipinski definition) is 1. The van der Waals surface area contributed by atoms with Crippen LogP contribution >= 0.6 is 11.6 Å². The number of hydrogen-bond acceptors (Lipinski definition) is 4. The molecule has 21 heavy (non-hydrogen) atoms. The van der Waals surface area contributed by atoms with Gasteiger partial charge in [0.25, 0.3) is 0 Å². The molecule has 1 spiro atoms. The lowest BCUT2D eigenvalue weighted by Gasteiger charge is -2.39. The van der Waals surface area contributed by atoms with Crippen LogP contribution in [0.2, 0.25) is 5.15 Å². The Bertz CT molecular complexity index is 514. The normalized spacial score (nSPS) is 24.4. The summed E-state index contributed by atoms with van der Waals surface area (Å²) in [5.41, 5.74) is 1.14. The summed E-state index contributed by atoms with van der Waals surface area (Å²) in [5.74, 6) is 1.64. The SMILES string of the molecule is CCc1c(Cl)nc(C)nc1NC1CCOC2(CCCC2)C1. The Hall–Kier alpha value is -0.870. The highest BCUT2D eigenvalue weighted by Crippen LogP contribution is 2.40. The quantitative estimate of drug-likeness (QED) is 0.860. The van der Waals surface area contributed by atoms with Crippen LogP contribution in [0.25, 0.3) is 0 Å². The second-order valence-corrected chi connectivity index (χ2v) is 6.67. The molecule has 5 heteroatoms. The van der Waals surface area contributed by atoms with E-state index in [0.29, 0.717) is 11.2 Å². The first-order valence-corrected chi connectivity index (χ1v) is 8.43. The summed E-state index contributed by atoms with van der Waals surface area (Å²) < 4.78 is 6.10. The topological polar surface area (TPSA) is 47.0 Å². The molecule has 2 fully saturated rings. The molecule has 1 saturated heterocycles. The molecule has 4 nitrogen and oxygen atoms in total. The molecule has 1 atom stereocenters. The molecule has 1 aromatic heterocycles. The second-order valence-electron chi connectivity index (χ2n) is 6.31. The van der Waals surface area contributed by atoms with E-state index >= 15 is 0 Å². The summed E-state index contributed by atoms with van der Waals surface area (Å²) >= 11 is 6.26. The molecule has 1 aliphatic carbocycles. The highest BCUT2D eigenvalue weighted by molar-refractivity contribution is 6.30. The monoisotopic (exact) mass is 309 g/mol. The van der Waals surface area contributed by atoms with E-state index < -0.39 is 0 Å². The molecule has 0 bridgehead atoms. The minimum absolute atomic E-state index is 0.119. The number of nitrogens with zero attached hydrogens (tertiary/aromatic N) is 2. The molecule has 2 aliphatic rings. The van der Waals surface area contributed by atoms with Crippen molar-refractivity contribution in [1.82, 2.24) is 9.97 Å². The summed E-state index contributed by atoms with van der Waals surface area (Å²) in [6.07, 6.45) is 7.96. The van der Waals surface area contributed by atoms with Gasteiger partial charge in [0.1, 0.15) is 16.8 Å². The van der Waals surface area contributed by atoms with Crippen molar-refractivity contribution in [3.05, 3.63) is 16.5 Å². The average molecular weight is 310 g/mol. The Morgan fingerprint density at radius 3 is 2.81 bits per heavy atom. The maximum Gasteiger partial charge on any atom is 0.138 e. The highest BCUT2D eigenvalue weighted by Gasteiger charge is 2.40. The smallest absolute Gasteiger partial charge is 0.138 e. The molecular formula is C16H24ClN3O. The van der Waals surface area contributed by atoms with Gasteiger partial charge in [-0.05, 0) is 39.0 Å². The van der Waals surface area contributed by atoms with Crippen LogP contribution in [0.15, 0.2) is 0 Å². The second kappa shape index (κ2) is 6.09. The van der Waals surface area contributed by atoms with E-state index in [1.165, 1.54) is 25.7 Å². The third-order valence-electron chi connectivity index (χ3n) is 4.77. The van der Waals surface area contributed by atoms with Crippen molar-refractivity contribution in [3.63, 3.8) is 0 Å². The van der Waals surface area contributed by atoms with Crippen molar-refractivity contribution in [2.24, 2.45) is 0 Å². The summed E-state index contributed by atoms with van der Waals surface area (Å²) in [6.45, 7) is 4.82. The molecule has 116 valence electrons. The van der Waals surface area contributed by atoms with Gasteiger partial charge in [-0.25, -0.2) is 9.97 Å². The van der Waals surface area contributed by atoms with Crippen molar-refractivity contribution in [1.29, 1.82) is 0 Å². The maximum absolute atomic E-state index is 6.26. The number of halogens is 1. The first-order valence-electron chi connectivity index (χ1n) is 8.05. The number of anilines is 1. The lowest BCUT2D eigenvalue weighted by Crippen LogP contribution is -2.42. The Labute approximate surface area is 131 Å². The van der Waals surface area contributed by atoms with Crippen LogP contribution < -0.4 is 5.32 Å². The largest absolute Gasteiger partial charge is 0.375 e. The van der Waals surface area contributed by atoms with Crippen LogP contribution in [0.1, 0.15) is 56.8 Å². The van der Waals surface area contributed by atoms with Crippen LogP contribution in [0.4, 0.5) is 5.82 Å². The zero-order valence-electron chi connectivity index (χ0n) is 12.9. The standard InChI is InChI=1S/C16H24ClN3O/c1-3-13-14(17)18-11(2)19-15(13)20-12-6-9-21-16(10-12)7-4-5-8-16/h12H,3-10H2,1-2H3,(H,18,19,20). The molecule has 1 saturated carbocycles. The molecule has 1 aromatic rings. The molecule has 2 heterocycles. The summed E-state index contributed by atoms with van der Waals surface area (Å²) in [7, 11) is 0. The van der Waals surface area contributed by atoms with Gasteiger partial charge in [-0.1, -0.05) is 31.4 Å². The van der Waals surface area contributed by atoms with Crippen LogP contribution in [0, 0.1) is 6.92 Å². The third-order valence-corrected chi connectivity index (χ3v) is 5.08. The van der Waals surface area contributed by atoms with E-state index in [9.17, 15) is 0 Å². The fraction of sp³-hybridized carbons (Fsp3) is 0.750. The van der Waals surface area contributed by atoms with E-state index in [2.05, 4.69) is 22.2 Å². The first kappa shape index (κ1) is 15.0. The van der Waals surface area contributed by atoms with Gasteiger partial charge >= 0.3 is 0 Å². The number of aryl methyl sites for hydroxylation is 1. The summed E-state index contributed by atoms with van der Waals surface area (Å²) in [5, 5.41) is 4.20. The lowest BCUT2D eigenvalue weighted by atomic mass is 9.89. The molecule has 0 radical (unpaired) electrons. The van der Waals surface area contributed by atoms with Crippen LogP contribution in [-0.2, 0) is 11.2 Å². The summed E-state index contributed by atoms with van der Waals surface area (Å²) in [6, 6.07) is 0.424. The van der Waals surface area contributed by atoms with E-state index in [1.54, 1.807) is 0 Å². The lowest BCUT2D eigenvalue weighted by molar-refractivity contribution is -0.0767. The molecular weight excluding hydrogens is 286 g/mol. The van der Waals surface area contributed by atoms with Gasteiger partial charge < -0.3 is 10.1 Å². The van der Waals surface area contributed by atoms with Crippen molar-refractivity contribution >= 4 is 17.4 Å². The minimum Gasteiger partial charge on any atom is -0.375 e. The van der Waals surface area contributed by atoms with Gasteiger partial charge in [0.15, 0.2) is 0 Å². The number of aromatic nitrogens is 2. The number of nitrogens with one attached hydrogen (secondary N) is 1. The van der Waals surface area contributed by atoms with E-state index in [0.717, 1.165) is 43.1 Å². The zero-order valence-corrected chi connectivity index (χ0v) is 13.7.